The minimum absolute atomic E-state index is 0.311. The van der Waals surface area contributed by atoms with Crippen molar-refractivity contribution in [3.63, 3.8) is 0 Å². The highest BCUT2D eigenvalue weighted by Crippen LogP contribution is 2.27. The Morgan fingerprint density at radius 1 is 1.00 bits per heavy atom. The summed E-state index contributed by atoms with van der Waals surface area (Å²) in [4.78, 5) is 15.0. The molecule has 29 heavy (non-hydrogen) atoms. The molecule has 0 aromatic heterocycles. The predicted octanol–water partition coefficient (Wildman–Crippen LogP) is 5.35. The molecule has 1 N–H and O–H groups in total. The Balaban J connectivity index is 1.62. The number of benzene rings is 3. The van der Waals surface area contributed by atoms with Crippen LogP contribution in [0.5, 0.6) is 23.0 Å². The van der Waals surface area contributed by atoms with E-state index < -0.39 is 12.6 Å². The van der Waals surface area contributed by atoms with Crippen LogP contribution in [0.3, 0.4) is 0 Å². The Kier molecular flexibility index (Phi) is 6.71. The highest BCUT2D eigenvalue weighted by Gasteiger charge is 2.05. The number of rotatable bonds is 8. The third kappa shape index (κ3) is 5.99. The van der Waals surface area contributed by atoms with Crippen molar-refractivity contribution in [1.82, 2.24) is 0 Å². The molecule has 0 saturated carbocycles. The van der Waals surface area contributed by atoms with Crippen molar-refractivity contribution in [2.45, 2.75) is 0 Å². The lowest BCUT2D eigenvalue weighted by Gasteiger charge is -2.07. The van der Waals surface area contributed by atoms with Crippen molar-refractivity contribution in [3.8, 4) is 23.0 Å². The number of carboxylic acid groups (broad SMARTS) is 1. The summed E-state index contributed by atoms with van der Waals surface area (Å²) in [5.41, 5.74) is 1.51. The van der Waals surface area contributed by atoms with Gasteiger partial charge < -0.3 is 19.3 Å². The molecule has 0 fully saturated rings. The molecule has 0 heterocycles. The highest BCUT2D eigenvalue weighted by molar-refractivity contribution is 6.32. The smallest absolute Gasteiger partial charge is 0.341 e. The Morgan fingerprint density at radius 3 is 2.21 bits per heavy atom. The molecule has 148 valence electrons. The first kappa shape index (κ1) is 20.2. The molecule has 3 rings (SSSR count). The van der Waals surface area contributed by atoms with Crippen LogP contribution in [0.1, 0.15) is 5.56 Å². The molecular weight excluding hydrogens is 394 g/mol. The largest absolute Gasteiger partial charge is 0.497 e. The van der Waals surface area contributed by atoms with Crippen molar-refractivity contribution < 1.29 is 24.1 Å². The number of aliphatic imine (C=N–C) groups is 1. The van der Waals surface area contributed by atoms with E-state index in [0.717, 1.165) is 17.0 Å². The van der Waals surface area contributed by atoms with E-state index in [1.807, 2.05) is 48.5 Å². The van der Waals surface area contributed by atoms with Gasteiger partial charge in [0.1, 0.15) is 23.0 Å². The Morgan fingerprint density at radius 2 is 1.62 bits per heavy atom. The lowest BCUT2D eigenvalue weighted by Crippen LogP contribution is -2.09. The van der Waals surface area contributed by atoms with Gasteiger partial charge in [0, 0.05) is 6.21 Å². The molecule has 0 radical (unpaired) electrons. The summed E-state index contributed by atoms with van der Waals surface area (Å²) >= 11 is 6.11. The third-order valence-electron chi connectivity index (χ3n) is 3.80. The van der Waals surface area contributed by atoms with Gasteiger partial charge in [0.05, 0.1) is 17.8 Å². The van der Waals surface area contributed by atoms with E-state index in [0.29, 0.717) is 22.3 Å². The zero-order valence-electron chi connectivity index (χ0n) is 15.5. The standard InChI is InChI=1S/C22H18ClNO5/c1-27-17-7-9-19(10-8-17)29-18-5-3-16(4-6-18)24-13-15-2-11-21(20(23)12-15)28-14-22(25)26/h2-13H,14H2,1H3,(H,25,26). The van der Waals surface area contributed by atoms with Crippen LogP contribution in [0.2, 0.25) is 5.02 Å². The number of aliphatic carboxylic acids is 1. The molecule has 0 amide bonds. The minimum atomic E-state index is -1.06. The van der Waals surface area contributed by atoms with Gasteiger partial charge in [-0.05, 0) is 72.3 Å². The third-order valence-corrected chi connectivity index (χ3v) is 4.10. The molecule has 0 aliphatic rings. The molecule has 0 aliphatic heterocycles. The number of methoxy groups -OCH3 is 1. The molecule has 0 aliphatic carbocycles. The van der Waals surface area contributed by atoms with Gasteiger partial charge in [0.2, 0.25) is 0 Å². The van der Waals surface area contributed by atoms with E-state index >= 15 is 0 Å². The molecular formula is C22H18ClNO5. The van der Waals surface area contributed by atoms with Crippen LogP contribution in [0, 0.1) is 0 Å². The number of nitrogens with zero attached hydrogens (tertiary/aromatic N) is 1. The minimum Gasteiger partial charge on any atom is -0.497 e. The monoisotopic (exact) mass is 411 g/mol. The first-order chi connectivity index (χ1) is 14.0. The molecule has 0 unspecified atom stereocenters. The zero-order chi connectivity index (χ0) is 20.6. The molecule has 6 nitrogen and oxygen atoms in total. The fraction of sp³-hybridized carbons (Fsp3) is 0.0909. The van der Waals surface area contributed by atoms with Crippen molar-refractivity contribution in [2.75, 3.05) is 13.7 Å². The average Bonchev–Trinajstić information content (AvgIpc) is 2.73. The quantitative estimate of drug-likeness (QED) is 0.505. The Bertz CT molecular complexity index is 1000. The second-order valence-electron chi connectivity index (χ2n) is 5.90. The maximum Gasteiger partial charge on any atom is 0.341 e. The summed E-state index contributed by atoms with van der Waals surface area (Å²) < 4.78 is 16.0. The molecule has 3 aromatic carbocycles. The summed E-state index contributed by atoms with van der Waals surface area (Å²) in [6, 6.07) is 19.7. The van der Waals surface area contributed by atoms with Crippen LogP contribution in [-0.2, 0) is 4.79 Å². The van der Waals surface area contributed by atoms with Crippen LogP contribution in [0.4, 0.5) is 5.69 Å². The summed E-state index contributed by atoms with van der Waals surface area (Å²) in [7, 11) is 1.62. The van der Waals surface area contributed by atoms with Crippen LogP contribution in [0.15, 0.2) is 71.7 Å². The topological polar surface area (TPSA) is 77.3 Å². The lowest BCUT2D eigenvalue weighted by atomic mass is 10.2. The van der Waals surface area contributed by atoms with Gasteiger partial charge in [-0.25, -0.2) is 4.79 Å². The van der Waals surface area contributed by atoms with E-state index in [1.54, 1.807) is 31.5 Å². The van der Waals surface area contributed by atoms with Crippen LogP contribution >= 0.6 is 11.6 Å². The molecule has 7 heteroatoms. The second-order valence-corrected chi connectivity index (χ2v) is 6.31. The summed E-state index contributed by atoms with van der Waals surface area (Å²) in [5.74, 6) is 1.42. The van der Waals surface area contributed by atoms with Gasteiger partial charge in [-0.3, -0.25) is 4.99 Å². The normalized spacial score (nSPS) is 10.7. The van der Waals surface area contributed by atoms with Gasteiger partial charge in [0.25, 0.3) is 0 Å². The zero-order valence-corrected chi connectivity index (χ0v) is 16.3. The molecule has 3 aromatic rings. The van der Waals surface area contributed by atoms with Gasteiger partial charge in [-0.15, -0.1) is 0 Å². The summed E-state index contributed by atoms with van der Waals surface area (Å²) in [5, 5.41) is 8.97. The predicted molar refractivity (Wildman–Crippen MR) is 111 cm³/mol. The van der Waals surface area contributed by atoms with Crippen molar-refractivity contribution in [1.29, 1.82) is 0 Å². The summed E-state index contributed by atoms with van der Waals surface area (Å²) in [6.07, 6.45) is 1.66. The van der Waals surface area contributed by atoms with E-state index in [1.165, 1.54) is 0 Å². The van der Waals surface area contributed by atoms with Crippen molar-refractivity contribution in [2.24, 2.45) is 4.99 Å². The number of hydrogen-bond acceptors (Lipinski definition) is 5. The number of hydrogen-bond donors (Lipinski definition) is 1. The van der Waals surface area contributed by atoms with Gasteiger partial charge in [0.15, 0.2) is 6.61 Å². The number of carbonyl (C=O) groups is 1. The molecule has 0 atom stereocenters. The Hall–Kier alpha value is -3.51. The van der Waals surface area contributed by atoms with Gasteiger partial charge >= 0.3 is 5.97 Å². The van der Waals surface area contributed by atoms with E-state index in [4.69, 9.17) is 30.9 Å². The lowest BCUT2D eigenvalue weighted by molar-refractivity contribution is -0.139. The van der Waals surface area contributed by atoms with Crippen LogP contribution in [0.25, 0.3) is 0 Å². The average molecular weight is 412 g/mol. The summed E-state index contributed by atoms with van der Waals surface area (Å²) in [6.45, 7) is -0.446. The van der Waals surface area contributed by atoms with Crippen LogP contribution in [-0.4, -0.2) is 31.0 Å². The first-order valence-electron chi connectivity index (χ1n) is 8.63. The number of halogens is 1. The Labute approximate surface area is 173 Å². The second kappa shape index (κ2) is 9.61. The van der Waals surface area contributed by atoms with Gasteiger partial charge in [-0.1, -0.05) is 11.6 Å². The first-order valence-corrected chi connectivity index (χ1v) is 9.01. The maximum absolute atomic E-state index is 10.6. The number of ether oxygens (including phenoxy) is 3. The van der Waals surface area contributed by atoms with Crippen molar-refractivity contribution >= 4 is 29.5 Å². The van der Waals surface area contributed by atoms with E-state index in [-0.39, 0.29) is 0 Å². The fourth-order valence-electron chi connectivity index (χ4n) is 2.38. The SMILES string of the molecule is COc1ccc(Oc2ccc(N=Cc3ccc(OCC(=O)O)c(Cl)c3)cc2)cc1. The van der Waals surface area contributed by atoms with E-state index in [9.17, 15) is 4.79 Å². The van der Waals surface area contributed by atoms with E-state index in [2.05, 4.69) is 4.99 Å². The van der Waals surface area contributed by atoms with Crippen molar-refractivity contribution in [3.05, 3.63) is 77.3 Å². The highest BCUT2D eigenvalue weighted by atomic mass is 35.5. The molecule has 0 bridgehead atoms. The fourth-order valence-corrected chi connectivity index (χ4v) is 2.63. The maximum atomic E-state index is 10.6. The molecule has 0 saturated heterocycles. The van der Waals surface area contributed by atoms with Crippen LogP contribution < -0.4 is 14.2 Å². The van der Waals surface area contributed by atoms with Gasteiger partial charge in [-0.2, -0.15) is 0 Å². The molecule has 0 spiro atoms. The number of carboxylic acids is 1.